The molecule has 2 aromatic carbocycles. The van der Waals surface area contributed by atoms with E-state index in [0.717, 1.165) is 18.6 Å². The Morgan fingerprint density at radius 1 is 0.930 bits per heavy atom. The van der Waals surface area contributed by atoms with E-state index < -0.39 is 85.8 Å². The topological polar surface area (TPSA) is 211 Å². The molecule has 5 rings (SSSR count). The van der Waals surface area contributed by atoms with Crippen molar-refractivity contribution in [2.45, 2.75) is 87.8 Å². The van der Waals surface area contributed by atoms with Crippen LogP contribution < -0.4 is 9.47 Å². The Morgan fingerprint density at radius 3 is 2.35 bits per heavy atom. The van der Waals surface area contributed by atoms with Crippen molar-refractivity contribution < 1.29 is 68.6 Å². The average Bonchev–Trinajstić information content (AvgIpc) is 2.97. The molecule has 234 valence electrons. The molecule has 3 heterocycles. The summed E-state index contributed by atoms with van der Waals surface area (Å²) in [4.78, 5) is 24.3. The van der Waals surface area contributed by atoms with Crippen molar-refractivity contribution >= 4 is 11.8 Å². The van der Waals surface area contributed by atoms with Gasteiger partial charge in [0.05, 0.1) is 12.5 Å². The van der Waals surface area contributed by atoms with Gasteiger partial charge in [0, 0.05) is 19.1 Å². The van der Waals surface area contributed by atoms with Gasteiger partial charge in [0.2, 0.25) is 6.29 Å². The van der Waals surface area contributed by atoms with Crippen LogP contribution in [0.25, 0.3) is 0 Å². The third-order valence-electron chi connectivity index (χ3n) is 7.59. The first-order valence-corrected chi connectivity index (χ1v) is 13.7. The number of rotatable bonds is 7. The van der Waals surface area contributed by atoms with Gasteiger partial charge < -0.3 is 59.1 Å². The van der Waals surface area contributed by atoms with E-state index in [4.69, 9.17) is 28.4 Å². The fourth-order valence-corrected chi connectivity index (χ4v) is 5.23. The number of fused-ring (bicyclic) bond motifs is 1. The van der Waals surface area contributed by atoms with Crippen molar-refractivity contribution in [3.8, 4) is 17.2 Å². The molecule has 2 saturated heterocycles. The van der Waals surface area contributed by atoms with Crippen LogP contribution in [-0.4, -0.2) is 110 Å². The Bertz CT molecular complexity index is 1300. The van der Waals surface area contributed by atoms with Crippen LogP contribution in [0.15, 0.2) is 42.5 Å². The van der Waals surface area contributed by atoms with Crippen LogP contribution in [0.3, 0.4) is 0 Å². The molecule has 0 spiro atoms. The SMILES string of the molecule is CC(=O)OC[C@@H]1O[C@H](Oc2cc(O)c3c(c2)O[C@H](c2ccccc2)CC3=O)[C@@H](O[C@@H]2O[C@@H](C)[C@H](O)[C@H](O)[C@@H]2O)[C@H](O)[C@H]1O. The predicted octanol–water partition coefficient (Wildman–Crippen LogP) is -0.300. The van der Waals surface area contributed by atoms with Gasteiger partial charge in [-0.3, -0.25) is 9.59 Å². The summed E-state index contributed by atoms with van der Waals surface area (Å²) in [5, 5.41) is 63.2. The summed E-state index contributed by atoms with van der Waals surface area (Å²) in [5.74, 6) is -1.52. The molecule has 14 nitrogen and oxygen atoms in total. The third kappa shape index (κ3) is 6.46. The second-order valence-corrected chi connectivity index (χ2v) is 10.7. The third-order valence-corrected chi connectivity index (χ3v) is 7.59. The van der Waals surface area contributed by atoms with Gasteiger partial charge in [-0.2, -0.15) is 0 Å². The van der Waals surface area contributed by atoms with Gasteiger partial charge in [-0.25, -0.2) is 0 Å². The van der Waals surface area contributed by atoms with Crippen molar-refractivity contribution in [1.29, 1.82) is 0 Å². The number of esters is 1. The fourth-order valence-electron chi connectivity index (χ4n) is 5.23. The minimum absolute atomic E-state index is 0.00295. The summed E-state index contributed by atoms with van der Waals surface area (Å²) >= 11 is 0. The normalized spacial score (nSPS) is 35.9. The van der Waals surface area contributed by atoms with Crippen molar-refractivity contribution in [3.05, 3.63) is 53.6 Å². The highest BCUT2D eigenvalue weighted by Gasteiger charge is 2.51. The molecular formula is C29H34O14. The van der Waals surface area contributed by atoms with Gasteiger partial charge in [0.1, 0.15) is 72.1 Å². The molecule has 2 fully saturated rings. The van der Waals surface area contributed by atoms with E-state index in [-0.39, 0.29) is 29.3 Å². The largest absolute Gasteiger partial charge is 0.507 e. The average molecular weight is 607 g/mol. The fraction of sp³-hybridized carbons (Fsp3) is 0.517. The minimum Gasteiger partial charge on any atom is -0.507 e. The van der Waals surface area contributed by atoms with E-state index in [1.165, 1.54) is 13.0 Å². The second kappa shape index (κ2) is 12.7. The zero-order valence-electron chi connectivity index (χ0n) is 23.3. The smallest absolute Gasteiger partial charge is 0.302 e. The molecule has 43 heavy (non-hydrogen) atoms. The van der Waals surface area contributed by atoms with Crippen LogP contribution in [0.5, 0.6) is 17.2 Å². The molecule has 2 aromatic rings. The quantitative estimate of drug-likeness (QED) is 0.224. The van der Waals surface area contributed by atoms with E-state index in [2.05, 4.69) is 0 Å². The number of phenolic OH excluding ortho intramolecular Hbond substituents is 1. The van der Waals surface area contributed by atoms with Crippen molar-refractivity contribution in [1.82, 2.24) is 0 Å². The molecule has 3 aliphatic rings. The number of phenols is 1. The van der Waals surface area contributed by atoms with E-state index in [9.17, 15) is 40.2 Å². The first-order valence-electron chi connectivity index (χ1n) is 13.7. The molecule has 0 unspecified atom stereocenters. The molecule has 0 bridgehead atoms. The Morgan fingerprint density at radius 2 is 1.65 bits per heavy atom. The highest BCUT2D eigenvalue weighted by molar-refractivity contribution is 6.02. The Hall–Kier alpha value is -3.34. The number of Topliss-reactive ketones (excluding diaryl/α,β-unsaturated/α-hetero) is 1. The highest BCUT2D eigenvalue weighted by Crippen LogP contribution is 2.42. The lowest BCUT2D eigenvalue weighted by molar-refractivity contribution is -0.354. The van der Waals surface area contributed by atoms with Gasteiger partial charge in [-0.1, -0.05) is 30.3 Å². The number of benzene rings is 2. The summed E-state index contributed by atoms with van der Waals surface area (Å²) in [5.41, 5.74) is 0.703. The highest BCUT2D eigenvalue weighted by atomic mass is 16.8. The minimum atomic E-state index is -1.76. The first kappa shape index (κ1) is 31.1. The van der Waals surface area contributed by atoms with Crippen LogP contribution in [0, 0.1) is 0 Å². The second-order valence-electron chi connectivity index (χ2n) is 10.7. The number of aromatic hydroxyl groups is 1. The monoisotopic (exact) mass is 606 g/mol. The maximum absolute atomic E-state index is 12.9. The molecule has 6 N–H and O–H groups in total. The lowest BCUT2D eigenvalue weighted by Crippen LogP contribution is -2.64. The summed E-state index contributed by atoms with van der Waals surface area (Å²) in [6.07, 6.45) is -15.9. The first-order chi connectivity index (χ1) is 20.4. The summed E-state index contributed by atoms with van der Waals surface area (Å²) in [6, 6.07) is 11.5. The van der Waals surface area contributed by atoms with Crippen LogP contribution in [0.2, 0.25) is 0 Å². The summed E-state index contributed by atoms with van der Waals surface area (Å²) in [6.45, 7) is 2.12. The Labute approximate surface area is 245 Å². The molecule has 0 amide bonds. The number of carbonyl (C=O) groups is 2. The van der Waals surface area contributed by atoms with E-state index in [1.54, 1.807) is 24.3 Å². The predicted molar refractivity (Wildman–Crippen MR) is 142 cm³/mol. The van der Waals surface area contributed by atoms with Gasteiger partial charge in [0.15, 0.2) is 18.2 Å². The molecule has 3 aliphatic heterocycles. The standard InChI is InChI=1S/C29H34O14/c1-12-22(33)24(35)26(37)28(39-12)43-27-25(36)23(34)20(11-38-13(2)30)42-29(27)40-15-8-16(31)21-17(32)10-18(41-19(21)9-15)14-6-4-3-5-7-14/h3-9,12,18,20,22-29,31,33-37H,10-11H2,1-2H3/t12-,18-,20-,22-,23-,24-,25+,26-,27-,28-,29-/m0/s1. The van der Waals surface area contributed by atoms with Crippen LogP contribution >= 0.6 is 0 Å². The number of ether oxygens (including phenoxy) is 6. The molecule has 14 heteroatoms. The van der Waals surface area contributed by atoms with E-state index in [0.29, 0.717) is 0 Å². The molecule has 0 radical (unpaired) electrons. The van der Waals surface area contributed by atoms with Crippen molar-refractivity contribution in [2.24, 2.45) is 0 Å². The van der Waals surface area contributed by atoms with Gasteiger partial charge >= 0.3 is 5.97 Å². The number of carbonyl (C=O) groups excluding carboxylic acids is 2. The molecule has 0 aliphatic carbocycles. The van der Waals surface area contributed by atoms with E-state index in [1.807, 2.05) is 6.07 Å². The zero-order chi connectivity index (χ0) is 31.0. The van der Waals surface area contributed by atoms with Gasteiger partial charge in [-0.05, 0) is 12.5 Å². The number of aliphatic hydroxyl groups excluding tert-OH is 5. The molecular weight excluding hydrogens is 572 g/mol. The zero-order valence-corrected chi connectivity index (χ0v) is 23.3. The number of hydrogen-bond donors (Lipinski definition) is 6. The molecule has 11 atom stereocenters. The van der Waals surface area contributed by atoms with Crippen molar-refractivity contribution in [2.75, 3.05) is 6.61 Å². The van der Waals surface area contributed by atoms with E-state index >= 15 is 0 Å². The Balaban J connectivity index is 1.43. The van der Waals surface area contributed by atoms with Gasteiger partial charge in [0.25, 0.3) is 0 Å². The van der Waals surface area contributed by atoms with Crippen LogP contribution in [-0.2, 0) is 23.7 Å². The van der Waals surface area contributed by atoms with Gasteiger partial charge in [-0.15, -0.1) is 0 Å². The summed E-state index contributed by atoms with van der Waals surface area (Å²) in [7, 11) is 0. The maximum Gasteiger partial charge on any atom is 0.302 e. The number of aliphatic hydroxyl groups is 5. The van der Waals surface area contributed by atoms with Crippen molar-refractivity contribution in [3.63, 3.8) is 0 Å². The molecule has 0 saturated carbocycles. The lowest BCUT2D eigenvalue weighted by Gasteiger charge is -2.45. The molecule has 0 aromatic heterocycles. The summed E-state index contributed by atoms with van der Waals surface area (Å²) < 4.78 is 34.0. The number of hydrogen-bond acceptors (Lipinski definition) is 14. The Kier molecular flexibility index (Phi) is 9.20. The van der Waals surface area contributed by atoms with Crippen LogP contribution in [0.1, 0.15) is 42.3 Å². The van der Waals surface area contributed by atoms with Crippen LogP contribution in [0.4, 0.5) is 0 Å². The number of ketones is 1. The lowest BCUT2D eigenvalue weighted by atomic mass is 9.95. The maximum atomic E-state index is 12.9.